The maximum absolute atomic E-state index is 11.0. The smallest absolute Gasteiger partial charge is 0.215 e. The molecule has 2 aliphatic heterocycles. The average molecular weight is 448 g/mol. The zero-order chi connectivity index (χ0) is 22.9. The Kier molecular flexibility index (Phi) is 7.92. The molecule has 0 amide bonds. The number of aliphatic hydroxyl groups excluding tert-OH is 2. The highest BCUT2D eigenvalue weighted by Crippen LogP contribution is 2.31. The zero-order valence-electron chi connectivity index (χ0n) is 18.0. The van der Waals surface area contributed by atoms with Crippen LogP contribution in [0.5, 0.6) is 0 Å². The van der Waals surface area contributed by atoms with E-state index in [1.807, 2.05) is 0 Å². The lowest BCUT2D eigenvalue weighted by Gasteiger charge is -2.48. The van der Waals surface area contributed by atoms with E-state index in [0.29, 0.717) is 18.6 Å². The molecule has 0 spiro atoms. The summed E-state index contributed by atoms with van der Waals surface area (Å²) in [5.74, 6) is 0.555. The van der Waals surface area contributed by atoms with E-state index in [2.05, 4.69) is 5.32 Å². The van der Waals surface area contributed by atoms with Crippen LogP contribution in [0.15, 0.2) is 11.8 Å². The molecule has 0 aromatic carbocycles. The Bertz CT molecular complexity index is 639. The van der Waals surface area contributed by atoms with Crippen LogP contribution in [0.3, 0.4) is 0 Å². The Morgan fingerprint density at radius 1 is 1.10 bits per heavy atom. The average Bonchev–Trinajstić information content (AvgIpc) is 2.71. The number of nitrogens with one attached hydrogen (secondary N) is 1. The fourth-order valence-electron chi connectivity index (χ4n) is 4.44. The van der Waals surface area contributed by atoms with Gasteiger partial charge in [0.15, 0.2) is 6.29 Å². The molecule has 3 aliphatic rings. The molecule has 12 heteroatoms. The van der Waals surface area contributed by atoms with Crippen LogP contribution in [0.25, 0.3) is 0 Å². The molecule has 1 unspecified atom stereocenters. The van der Waals surface area contributed by atoms with Crippen molar-refractivity contribution < 1.29 is 34.3 Å². The fourth-order valence-corrected chi connectivity index (χ4v) is 4.44. The molecule has 0 aromatic rings. The molecule has 0 aromatic heterocycles. The van der Waals surface area contributed by atoms with Crippen molar-refractivity contribution >= 4 is 0 Å². The molecule has 2 fully saturated rings. The summed E-state index contributed by atoms with van der Waals surface area (Å²) in [6.45, 7) is 1.68. The van der Waals surface area contributed by atoms with Gasteiger partial charge in [0, 0.05) is 12.1 Å². The lowest BCUT2D eigenvalue weighted by molar-refractivity contribution is -0.303. The molecular formula is C19H37N5O7. The van der Waals surface area contributed by atoms with E-state index in [1.165, 1.54) is 0 Å². The highest BCUT2D eigenvalue weighted by Gasteiger charge is 2.50. The number of nitrogens with two attached hydrogens (primary N) is 4. The molecule has 0 radical (unpaired) electrons. The second-order valence-corrected chi connectivity index (χ2v) is 8.81. The van der Waals surface area contributed by atoms with Gasteiger partial charge in [-0.25, -0.2) is 0 Å². The summed E-state index contributed by atoms with van der Waals surface area (Å²) in [5.41, 5.74) is 22.9. The standard InChI is InChI=1S/C19H37N5O7/c1-19(27)7-28-18(13(26)16(19)24-2)31-15-11(23)5-10(22)14(12(15)25)30-17-9(21)4-3-8(6-20)29-17/h3,9-18,24-27H,4-7,20-23H2,1-2H3/t9-,10+,11-,12+,13-,14-,15+,16-,17?,18-,19+/m1/s1. The zero-order valence-corrected chi connectivity index (χ0v) is 18.0. The van der Waals surface area contributed by atoms with Crippen molar-refractivity contribution in [2.24, 2.45) is 22.9 Å². The molecular weight excluding hydrogens is 410 g/mol. The first-order valence-corrected chi connectivity index (χ1v) is 10.6. The van der Waals surface area contributed by atoms with E-state index < -0.39 is 66.8 Å². The summed E-state index contributed by atoms with van der Waals surface area (Å²) in [5, 5.41) is 34.9. The second kappa shape index (κ2) is 9.93. The van der Waals surface area contributed by atoms with Crippen molar-refractivity contribution in [2.45, 2.75) is 86.5 Å². The third-order valence-corrected chi connectivity index (χ3v) is 6.22. The Hall–Kier alpha value is -0.900. The maximum Gasteiger partial charge on any atom is 0.215 e. The number of hydrogen-bond acceptors (Lipinski definition) is 12. The first kappa shape index (κ1) is 24.7. The van der Waals surface area contributed by atoms with Gasteiger partial charge in [-0.2, -0.15) is 0 Å². The van der Waals surface area contributed by atoms with Gasteiger partial charge in [0.2, 0.25) is 6.29 Å². The van der Waals surface area contributed by atoms with Gasteiger partial charge in [0.25, 0.3) is 0 Å². The largest absolute Gasteiger partial charge is 0.467 e. The van der Waals surface area contributed by atoms with Gasteiger partial charge in [0.05, 0.1) is 25.2 Å². The van der Waals surface area contributed by atoms with Crippen molar-refractivity contribution in [2.75, 3.05) is 20.2 Å². The second-order valence-electron chi connectivity index (χ2n) is 8.81. The van der Waals surface area contributed by atoms with Gasteiger partial charge in [0.1, 0.15) is 35.8 Å². The highest BCUT2D eigenvalue weighted by molar-refractivity contribution is 5.04. The van der Waals surface area contributed by atoms with Gasteiger partial charge in [-0.1, -0.05) is 0 Å². The van der Waals surface area contributed by atoms with E-state index in [-0.39, 0.29) is 13.2 Å². The molecule has 12 N–H and O–H groups in total. The van der Waals surface area contributed by atoms with Crippen LogP contribution in [0.2, 0.25) is 0 Å². The van der Waals surface area contributed by atoms with Crippen LogP contribution < -0.4 is 28.3 Å². The van der Waals surface area contributed by atoms with E-state index in [4.69, 9.17) is 41.9 Å². The molecule has 1 saturated heterocycles. The maximum atomic E-state index is 11.0. The molecule has 1 saturated carbocycles. The van der Waals surface area contributed by atoms with E-state index >= 15 is 0 Å². The summed E-state index contributed by atoms with van der Waals surface area (Å²) in [7, 11) is 1.62. The number of rotatable bonds is 6. The van der Waals surface area contributed by atoms with E-state index in [9.17, 15) is 15.3 Å². The quantitative estimate of drug-likeness (QED) is 0.196. The lowest BCUT2D eigenvalue weighted by Crippen LogP contribution is -2.68. The number of hydrogen-bond donors (Lipinski definition) is 8. The lowest BCUT2D eigenvalue weighted by atomic mass is 9.84. The summed E-state index contributed by atoms with van der Waals surface area (Å²) in [6, 6.07) is -2.37. The van der Waals surface area contributed by atoms with Crippen LogP contribution in [0.4, 0.5) is 0 Å². The van der Waals surface area contributed by atoms with Crippen molar-refractivity contribution in [3.63, 3.8) is 0 Å². The summed E-state index contributed by atoms with van der Waals surface area (Å²) >= 11 is 0. The fraction of sp³-hybridized carbons (Fsp3) is 0.895. The van der Waals surface area contributed by atoms with Gasteiger partial charge in [-0.3, -0.25) is 0 Å². The molecule has 11 atom stereocenters. The SMILES string of the molecule is CN[C@@H]1[C@@H](O)[C@@H](O[C@@H]2[C@@H](O)[C@H](OC3OC(CN)=CC[C@H]3N)[C@@H](N)C[C@H]2N)OC[C@]1(C)O. The van der Waals surface area contributed by atoms with Crippen LogP contribution in [-0.2, 0) is 18.9 Å². The molecule has 1 aliphatic carbocycles. The predicted molar refractivity (Wildman–Crippen MR) is 110 cm³/mol. The Morgan fingerprint density at radius 3 is 2.29 bits per heavy atom. The number of likely N-dealkylation sites (N-methyl/N-ethyl adjacent to an activating group) is 1. The first-order valence-electron chi connectivity index (χ1n) is 10.6. The van der Waals surface area contributed by atoms with Crippen LogP contribution in [0.1, 0.15) is 19.8 Å². The van der Waals surface area contributed by atoms with Crippen molar-refractivity contribution in [3.05, 3.63) is 11.8 Å². The Balaban J connectivity index is 1.69. The van der Waals surface area contributed by atoms with Crippen LogP contribution in [-0.4, -0.2) is 102 Å². The van der Waals surface area contributed by atoms with Gasteiger partial charge < -0.3 is 62.5 Å². The van der Waals surface area contributed by atoms with Gasteiger partial charge in [-0.05, 0) is 32.9 Å². The molecule has 3 rings (SSSR count). The predicted octanol–water partition coefficient (Wildman–Crippen LogP) is -3.85. The van der Waals surface area contributed by atoms with E-state index in [1.54, 1.807) is 20.0 Å². The molecule has 2 heterocycles. The number of aliphatic hydroxyl groups is 3. The first-order chi connectivity index (χ1) is 14.6. The van der Waals surface area contributed by atoms with Crippen molar-refractivity contribution in [1.29, 1.82) is 0 Å². The summed E-state index contributed by atoms with van der Waals surface area (Å²) < 4.78 is 23.1. The van der Waals surface area contributed by atoms with Crippen LogP contribution >= 0.6 is 0 Å². The topological polar surface area (TPSA) is 214 Å². The highest BCUT2D eigenvalue weighted by atomic mass is 16.7. The molecule has 180 valence electrons. The van der Waals surface area contributed by atoms with Gasteiger partial charge >= 0.3 is 0 Å². The van der Waals surface area contributed by atoms with Crippen molar-refractivity contribution in [1.82, 2.24) is 5.32 Å². The van der Waals surface area contributed by atoms with Crippen LogP contribution in [0, 0.1) is 0 Å². The van der Waals surface area contributed by atoms with E-state index in [0.717, 1.165) is 0 Å². The minimum Gasteiger partial charge on any atom is -0.467 e. The normalized spacial score (nSPS) is 48.7. The minimum atomic E-state index is -1.29. The monoisotopic (exact) mass is 447 g/mol. The summed E-state index contributed by atoms with van der Waals surface area (Å²) in [4.78, 5) is 0. The number of ether oxygens (including phenoxy) is 4. The molecule has 0 bridgehead atoms. The third-order valence-electron chi connectivity index (χ3n) is 6.22. The van der Waals surface area contributed by atoms with Gasteiger partial charge in [-0.15, -0.1) is 0 Å². The Morgan fingerprint density at radius 2 is 1.71 bits per heavy atom. The van der Waals surface area contributed by atoms with Crippen molar-refractivity contribution in [3.8, 4) is 0 Å². The Labute approximate surface area is 181 Å². The third kappa shape index (κ3) is 5.20. The summed E-state index contributed by atoms with van der Waals surface area (Å²) in [6.07, 6.45) is -3.56. The molecule has 31 heavy (non-hydrogen) atoms. The molecule has 12 nitrogen and oxygen atoms in total. The minimum absolute atomic E-state index is 0.0727.